The Morgan fingerprint density at radius 3 is 2.00 bits per heavy atom. The maximum atomic E-state index is 12.1. The summed E-state index contributed by atoms with van der Waals surface area (Å²) in [4.78, 5) is 12.1. The Kier molecular flexibility index (Phi) is 2.37. The molecule has 0 spiro atoms. The average molecular weight is 206 g/mol. The fourth-order valence-electron chi connectivity index (χ4n) is 4.86. The highest BCUT2D eigenvalue weighted by molar-refractivity contribution is 5.81. The van der Waals surface area contributed by atoms with Crippen LogP contribution >= 0.6 is 0 Å². The zero-order valence-electron chi connectivity index (χ0n) is 9.74. The zero-order chi connectivity index (χ0) is 10.4. The fourth-order valence-corrected chi connectivity index (χ4v) is 4.86. The quantitative estimate of drug-likeness (QED) is 0.691. The molecule has 0 radical (unpaired) electrons. The zero-order valence-corrected chi connectivity index (χ0v) is 9.74. The summed E-state index contributed by atoms with van der Waals surface area (Å²) in [6.07, 6.45) is 8.90. The standard InChI is InChI=1S/C14H22O/c1-2-3-13(15)14-11-5-9-4-10(7-11)8-12(14)6-9/h9-12,14H,2-8H2,1H3. The summed E-state index contributed by atoms with van der Waals surface area (Å²) in [7, 11) is 0. The van der Waals surface area contributed by atoms with E-state index in [1.54, 1.807) is 0 Å². The lowest BCUT2D eigenvalue weighted by Crippen LogP contribution is -2.47. The molecule has 0 atom stereocenters. The summed E-state index contributed by atoms with van der Waals surface area (Å²) in [6.45, 7) is 2.13. The number of Topliss-reactive ketones (excluding diaryl/α,β-unsaturated/α-hetero) is 1. The summed E-state index contributed by atoms with van der Waals surface area (Å²) < 4.78 is 0. The fraction of sp³-hybridized carbons (Fsp3) is 0.929. The Morgan fingerprint density at radius 2 is 1.53 bits per heavy atom. The summed E-state index contributed by atoms with van der Waals surface area (Å²) >= 11 is 0. The van der Waals surface area contributed by atoms with Crippen molar-refractivity contribution in [2.75, 3.05) is 0 Å². The van der Waals surface area contributed by atoms with E-state index in [1.165, 1.54) is 32.1 Å². The molecule has 0 heterocycles. The minimum Gasteiger partial charge on any atom is -0.299 e. The van der Waals surface area contributed by atoms with E-state index in [4.69, 9.17) is 0 Å². The van der Waals surface area contributed by atoms with Crippen LogP contribution in [0.2, 0.25) is 0 Å². The Hall–Kier alpha value is -0.330. The van der Waals surface area contributed by atoms with Crippen molar-refractivity contribution in [3.63, 3.8) is 0 Å². The van der Waals surface area contributed by atoms with Gasteiger partial charge in [-0.1, -0.05) is 6.92 Å². The molecule has 1 nitrogen and oxygen atoms in total. The lowest BCUT2D eigenvalue weighted by atomic mass is 9.51. The molecule has 4 rings (SSSR count). The Bertz CT molecular complexity index is 241. The highest BCUT2D eigenvalue weighted by Gasteiger charge is 2.50. The lowest BCUT2D eigenvalue weighted by molar-refractivity contribution is -0.135. The van der Waals surface area contributed by atoms with Gasteiger partial charge in [-0.3, -0.25) is 4.79 Å². The molecule has 4 fully saturated rings. The van der Waals surface area contributed by atoms with Crippen molar-refractivity contribution in [2.24, 2.45) is 29.6 Å². The van der Waals surface area contributed by atoms with Crippen LogP contribution in [0.3, 0.4) is 0 Å². The van der Waals surface area contributed by atoms with E-state index in [0.717, 1.165) is 36.5 Å². The van der Waals surface area contributed by atoms with Crippen molar-refractivity contribution in [3.8, 4) is 0 Å². The minimum absolute atomic E-state index is 0.484. The molecule has 1 heteroatoms. The van der Waals surface area contributed by atoms with Gasteiger partial charge in [0.05, 0.1) is 0 Å². The predicted octanol–water partition coefficient (Wildman–Crippen LogP) is 3.43. The lowest BCUT2D eigenvalue weighted by Gasteiger charge is -2.53. The first kappa shape index (κ1) is 9.86. The van der Waals surface area contributed by atoms with Gasteiger partial charge in [-0.2, -0.15) is 0 Å². The molecule has 4 aliphatic carbocycles. The first-order valence-electron chi connectivity index (χ1n) is 6.80. The maximum Gasteiger partial charge on any atom is 0.136 e. The molecule has 0 amide bonds. The van der Waals surface area contributed by atoms with Crippen molar-refractivity contribution < 1.29 is 4.79 Å². The van der Waals surface area contributed by atoms with Crippen LogP contribution in [0.4, 0.5) is 0 Å². The summed E-state index contributed by atoms with van der Waals surface area (Å²) in [6, 6.07) is 0. The number of carbonyl (C=O) groups is 1. The summed E-state index contributed by atoms with van der Waals surface area (Å²) in [5, 5.41) is 0. The van der Waals surface area contributed by atoms with Crippen LogP contribution in [0, 0.1) is 29.6 Å². The molecule has 0 aromatic heterocycles. The van der Waals surface area contributed by atoms with E-state index in [0.29, 0.717) is 11.7 Å². The second kappa shape index (κ2) is 3.61. The van der Waals surface area contributed by atoms with Crippen LogP contribution in [-0.2, 0) is 4.79 Å². The second-order valence-electron chi connectivity index (χ2n) is 6.17. The van der Waals surface area contributed by atoms with E-state index in [1.807, 2.05) is 0 Å². The van der Waals surface area contributed by atoms with Crippen LogP contribution in [0.25, 0.3) is 0 Å². The number of hydrogen-bond donors (Lipinski definition) is 0. The number of carbonyl (C=O) groups excluding carboxylic acids is 1. The summed E-state index contributed by atoms with van der Waals surface area (Å²) in [5.41, 5.74) is 0. The van der Waals surface area contributed by atoms with Gasteiger partial charge in [-0.25, -0.2) is 0 Å². The predicted molar refractivity (Wildman–Crippen MR) is 60.5 cm³/mol. The highest BCUT2D eigenvalue weighted by Crippen LogP contribution is 2.56. The van der Waals surface area contributed by atoms with Gasteiger partial charge in [-0.05, 0) is 62.2 Å². The van der Waals surface area contributed by atoms with Gasteiger partial charge in [0.15, 0.2) is 0 Å². The molecule has 15 heavy (non-hydrogen) atoms. The van der Waals surface area contributed by atoms with Crippen LogP contribution in [0.15, 0.2) is 0 Å². The largest absolute Gasteiger partial charge is 0.299 e. The molecule has 0 aromatic carbocycles. The number of ketones is 1. The number of hydrogen-bond acceptors (Lipinski definition) is 1. The van der Waals surface area contributed by atoms with Crippen molar-refractivity contribution in [1.82, 2.24) is 0 Å². The minimum atomic E-state index is 0.484. The van der Waals surface area contributed by atoms with E-state index in [2.05, 4.69) is 6.92 Å². The van der Waals surface area contributed by atoms with Gasteiger partial charge >= 0.3 is 0 Å². The molecule has 0 saturated heterocycles. The van der Waals surface area contributed by atoms with Crippen LogP contribution < -0.4 is 0 Å². The van der Waals surface area contributed by atoms with Gasteiger partial charge in [0.1, 0.15) is 5.78 Å². The van der Waals surface area contributed by atoms with Crippen LogP contribution in [0.1, 0.15) is 51.9 Å². The van der Waals surface area contributed by atoms with E-state index < -0.39 is 0 Å². The summed E-state index contributed by atoms with van der Waals surface area (Å²) in [5.74, 6) is 4.67. The van der Waals surface area contributed by atoms with Gasteiger partial charge in [0.2, 0.25) is 0 Å². The van der Waals surface area contributed by atoms with E-state index >= 15 is 0 Å². The molecule has 0 N–H and O–H groups in total. The topological polar surface area (TPSA) is 17.1 Å². The van der Waals surface area contributed by atoms with E-state index in [-0.39, 0.29) is 0 Å². The first-order chi connectivity index (χ1) is 7.28. The molecule has 4 aliphatic rings. The third-order valence-electron chi connectivity index (χ3n) is 5.09. The average Bonchev–Trinajstić information content (AvgIpc) is 2.15. The highest BCUT2D eigenvalue weighted by atomic mass is 16.1. The van der Waals surface area contributed by atoms with E-state index in [9.17, 15) is 4.79 Å². The van der Waals surface area contributed by atoms with Gasteiger partial charge in [0, 0.05) is 12.3 Å². The monoisotopic (exact) mass is 206 g/mol. The third-order valence-corrected chi connectivity index (χ3v) is 5.09. The van der Waals surface area contributed by atoms with Crippen molar-refractivity contribution in [3.05, 3.63) is 0 Å². The SMILES string of the molecule is CCCC(=O)C1C2CC3CC(C2)CC1C3. The molecule has 0 unspecified atom stereocenters. The van der Waals surface area contributed by atoms with Gasteiger partial charge in [0.25, 0.3) is 0 Å². The normalized spacial score (nSPS) is 47.1. The van der Waals surface area contributed by atoms with Crippen molar-refractivity contribution >= 4 is 5.78 Å². The third kappa shape index (κ3) is 1.55. The Labute approximate surface area is 92.6 Å². The molecule has 84 valence electrons. The number of rotatable bonds is 3. The molecular weight excluding hydrogens is 184 g/mol. The Morgan fingerprint density at radius 1 is 1.00 bits per heavy atom. The molecule has 0 aromatic rings. The second-order valence-corrected chi connectivity index (χ2v) is 6.17. The van der Waals surface area contributed by atoms with Crippen molar-refractivity contribution in [2.45, 2.75) is 51.9 Å². The van der Waals surface area contributed by atoms with Crippen LogP contribution in [-0.4, -0.2) is 5.78 Å². The molecular formula is C14H22O. The van der Waals surface area contributed by atoms with Crippen LogP contribution in [0.5, 0.6) is 0 Å². The molecule has 0 aliphatic heterocycles. The molecule has 4 bridgehead atoms. The van der Waals surface area contributed by atoms with Crippen molar-refractivity contribution in [1.29, 1.82) is 0 Å². The van der Waals surface area contributed by atoms with Gasteiger partial charge in [-0.15, -0.1) is 0 Å². The smallest absolute Gasteiger partial charge is 0.136 e. The Balaban J connectivity index is 1.77. The van der Waals surface area contributed by atoms with Gasteiger partial charge < -0.3 is 0 Å². The molecule has 4 saturated carbocycles. The maximum absolute atomic E-state index is 12.1. The first-order valence-corrected chi connectivity index (χ1v) is 6.80.